The Morgan fingerprint density at radius 2 is 1.48 bits per heavy atom. The van der Waals surface area contributed by atoms with Crippen molar-refractivity contribution in [3.63, 3.8) is 0 Å². The first kappa shape index (κ1) is 19.9. The van der Waals surface area contributed by atoms with Gasteiger partial charge in [-0.15, -0.1) is 0 Å². The summed E-state index contributed by atoms with van der Waals surface area (Å²) in [5.74, 6) is -0.353. The van der Waals surface area contributed by atoms with Gasteiger partial charge in [0.15, 0.2) is 5.06 Å². The van der Waals surface area contributed by atoms with Gasteiger partial charge in [-0.25, -0.2) is 4.79 Å². The van der Waals surface area contributed by atoms with Gasteiger partial charge in [-0.3, -0.25) is 0 Å². The normalized spacial score (nSPS) is 12.3. The van der Waals surface area contributed by atoms with Crippen molar-refractivity contribution in [2.45, 2.75) is 52.7 Å². The van der Waals surface area contributed by atoms with Gasteiger partial charge in [0.05, 0.1) is 24.4 Å². The first-order chi connectivity index (χ1) is 10.6. The van der Waals surface area contributed by atoms with Gasteiger partial charge in [-0.2, -0.15) is 0 Å². The highest BCUT2D eigenvalue weighted by Gasteiger charge is 2.14. The fraction of sp³-hybridized carbons (Fsp3) is 0.706. The van der Waals surface area contributed by atoms with Crippen LogP contribution in [0.5, 0.6) is 5.06 Å². The molecule has 132 valence electrons. The monoisotopic (exact) mass is 344 g/mol. The molecule has 23 heavy (non-hydrogen) atoms. The summed E-state index contributed by atoms with van der Waals surface area (Å²) in [6.45, 7) is 13.4. The highest BCUT2D eigenvalue weighted by Crippen LogP contribution is 2.25. The van der Waals surface area contributed by atoms with E-state index in [1.165, 1.54) is 11.3 Å². The van der Waals surface area contributed by atoms with Gasteiger partial charge in [0.25, 0.3) is 0 Å². The van der Waals surface area contributed by atoms with E-state index in [0.717, 1.165) is 0 Å². The molecule has 1 aromatic rings. The lowest BCUT2D eigenvalue weighted by molar-refractivity contribution is -0.0280. The van der Waals surface area contributed by atoms with Crippen LogP contribution < -0.4 is 4.74 Å². The van der Waals surface area contributed by atoms with Gasteiger partial charge in [0.1, 0.15) is 18.1 Å². The fourth-order valence-electron chi connectivity index (χ4n) is 1.55. The number of rotatable bonds is 8. The van der Waals surface area contributed by atoms with Crippen molar-refractivity contribution in [1.82, 2.24) is 0 Å². The molecule has 5 nitrogen and oxygen atoms in total. The predicted octanol–water partition coefficient (Wildman–Crippen LogP) is 3.91. The third kappa shape index (κ3) is 9.58. The standard InChI is InChI=1S/C17H28O5S/c1-16(2,3)21-11-9-19-14-8-7-13(23-14)15(18)20-10-12-22-17(4,5)6/h7-8H,9-12H2,1-6H3. The maximum atomic E-state index is 11.9. The Morgan fingerprint density at radius 1 is 0.913 bits per heavy atom. The van der Waals surface area contributed by atoms with E-state index in [9.17, 15) is 4.79 Å². The van der Waals surface area contributed by atoms with E-state index in [-0.39, 0.29) is 23.8 Å². The van der Waals surface area contributed by atoms with Crippen LogP contribution in [0, 0.1) is 0 Å². The third-order valence-electron chi connectivity index (χ3n) is 2.50. The van der Waals surface area contributed by atoms with E-state index in [0.29, 0.717) is 29.8 Å². The van der Waals surface area contributed by atoms with E-state index in [2.05, 4.69) is 0 Å². The highest BCUT2D eigenvalue weighted by atomic mass is 32.1. The summed E-state index contributed by atoms with van der Waals surface area (Å²) in [6.07, 6.45) is 0. The van der Waals surface area contributed by atoms with Crippen molar-refractivity contribution in [3.8, 4) is 5.06 Å². The molecular weight excluding hydrogens is 316 g/mol. The topological polar surface area (TPSA) is 54.0 Å². The quantitative estimate of drug-likeness (QED) is 0.528. The molecule has 0 radical (unpaired) electrons. The highest BCUT2D eigenvalue weighted by molar-refractivity contribution is 7.15. The smallest absolute Gasteiger partial charge is 0.348 e. The third-order valence-corrected chi connectivity index (χ3v) is 3.47. The Labute approximate surface area is 142 Å². The SMILES string of the molecule is CC(C)(C)OCCOC(=O)c1ccc(OCCOC(C)(C)C)s1. The molecule has 0 bridgehead atoms. The number of ether oxygens (including phenoxy) is 4. The van der Waals surface area contributed by atoms with Gasteiger partial charge < -0.3 is 18.9 Å². The molecule has 1 aromatic heterocycles. The van der Waals surface area contributed by atoms with E-state index in [1.54, 1.807) is 12.1 Å². The lowest BCUT2D eigenvalue weighted by Gasteiger charge is -2.19. The molecule has 0 amide bonds. The molecule has 1 rings (SSSR count). The minimum absolute atomic E-state index is 0.178. The van der Waals surface area contributed by atoms with Crippen LogP contribution in [0.3, 0.4) is 0 Å². The second-order valence-corrected chi connectivity index (χ2v) is 8.07. The second kappa shape index (κ2) is 8.66. The predicted molar refractivity (Wildman–Crippen MR) is 91.5 cm³/mol. The number of carbonyl (C=O) groups excluding carboxylic acids is 1. The zero-order chi connectivity index (χ0) is 17.5. The minimum atomic E-state index is -0.353. The Hall–Kier alpha value is -1.11. The van der Waals surface area contributed by atoms with Gasteiger partial charge in [0, 0.05) is 0 Å². The summed E-state index contributed by atoms with van der Waals surface area (Å²) in [4.78, 5) is 12.4. The summed E-state index contributed by atoms with van der Waals surface area (Å²) in [5, 5.41) is 0.681. The van der Waals surface area contributed by atoms with Crippen molar-refractivity contribution < 1.29 is 23.7 Å². The number of carbonyl (C=O) groups is 1. The Morgan fingerprint density at radius 3 is 2.04 bits per heavy atom. The maximum absolute atomic E-state index is 11.9. The number of esters is 1. The van der Waals surface area contributed by atoms with Crippen molar-refractivity contribution in [1.29, 1.82) is 0 Å². The van der Waals surface area contributed by atoms with E-state index in [1.807, 2.05) is 41.5 Å². The molecule has 0 spiro atoms. The van der Waals surface area contributed by atoms with Crippen LogP contribution in [0.4, 0.5) is 0 Å². The zero-order valence-corrected chi connectivity index (χ0v) is 15.7. The molecular formula is C17H28O5S. The summed E-state index contributed by atoms with van der Waals surface area (Å²) in [7, 11) is 0. The summed E-state index contributed by atoms with van der Waals surface area (Å²) in [6, 6.07) is 3.47. The van der Waals surface area contributed by atoms with E-state index < -0.39 is 0 Å². The van der Waals surface area contributed by atoms with Gasteiger partial charge in [-0.1, -0.05) is 11.3 Å². The summed E-state index contributed by atoms with van der Waals surface area (Å²) >= 11 is 1.27. The summed E-state index contributed by atoms with van der Waals surface area (Å²) < 4.78 is 21.8. The van der Waals surface area contributed by atoms with Crippen molar-refractivity contribution in [2.75, 3.05) is 26.4 Å². The number of hydrogen-bond donors (Lipinski definition) is 0. The van der Waals surface area contributed by atoms with Gasteiger partial charge >= 0.3 is 5.97 Å². The van der Waals surface area contributed by atoms with Crippen LogP contribution >= 0.6 is 11.3 Å². The van der Waals surface area contributed by atoms with Crippen LogP contribution in [0.1, 0.15) is 51.2 Å². The largest absolute Gasteiger partial charge is 0.482 e. The van der Waals surface area contributed by atoms with Crippen LogP contribution in [-0.4, -0.2) is 43.6 Å². The van der Waals surface area contributed by atoms with Gasteiger partial charge in [-0.05, 0) is 53.7 Å². The van der Waals surface area contributed by atoms with E-state index >= 15 is 0 Å². The molecule has 0 aliphatic rings. The van der Waals surface area contributed by atoms with Crippen LogP contribution in [0.15, 0.2) is 12.1 Å². The molecule has 1 heterocycles. The second-order valence-electron chi connectivity index (χ2n) is 7.02. The lowest BCUT2D eigenvalue weighted by Crippen LogP contribution is -2.22. The number of hydrogen-bond acceptors (Lipinski definition) is 6. The van der Waals surface area contributed by atoms with Crippen molar-refractivity contribution in [3.05, 3.63) is 17.0 Å². The maximum Gasteiger partial charge on any atom is 0.348 e. The molecule has 0 aromatic carbocycles. The molecule has 0 unspecified atom stereocenters. The fourth-order valence-corrected chi connectivity index (χ4v) is 2.32. The summed E-state index contributed by atoms with van der Waals surface area (Å²) in [5.41, 5.74) is -0.408. The molecule has 0 aliphatic heterocycles. The van der Waals surface area contributed by atoms with Crippen LogP contribution in [0.25, 0.3) is 0 Å². The first-order valence-electron chi connectivity index (χ1n) is 7.74. The molecule has 0 aliphatic carbocycles. The minimum Gasteiger partial charge on any atom is -0.482 e. The van der Waals surface area contributed by atoms with E-state index in [4.69, 9.17) is 18.9 Å². The van der Waals surface area contributed by atoms with Crippen molar-refractivity contribution >= 4 is 17.3 Å². The first-order valence-corrected chi connectivity index (χ1v) is 8.56. The molecule has 0 saturated carbocycles. The Kier molecular flexibility index (Phi) is 7.51. The number of thiophene rings is 1. The zero-order valence-electron chi connectivity index (χ0n) is 14.9. The molecule has 6 heteroatoms. The van der Waals surface area contributed by atoms with Crippen molar-refractivity contribution in [2.24, 2.45) is 0 Å². The molecule has 0 N–H and O–H groups in total. The van der Waals surface area contributed by atoms with Gasteiger partial charge in [0.2, 0.25) is 0 Å². The average molecular weight is 344 g/mol. The van der Waals surface area contributed by atoms with Crippen LogP contribution in [0.2, 0.25) is 0 Å². The average Bonchev–Trinajstić information content (AvgIpc) is 2.86. The van der Waals surface area contributed by atoms with Crippen LogP contribution in [-0.2, 0) is 14.2 Å². The Balaban J connectivity index is 2.28. The molecule has 0 saturated heterocycles. The molecule has 0 atom stereocenters. The lowest BCUT2D eigenvalue weighted by atomic mass is 10.2. The Bertz CT molecular complexity index is 482. The molecule has 0 fully saturated rings.